The summed E-state index contributed by atoms with van der Waals surface area (Å²) in [6.07, 6.45) is 3.62. The van der Waals surface area contributed by atoms with E-state index in [4.69, 9.17) is 0 Å². The van der Waals surface area contributed by atoms with Gasteiger partial charge < -0.3 is 5.32 Å². The predicted octanol–water partition coefficient (Wildman–Crippen LogP) is 1.12. The zero-order valence-electron chi connectivity index (χ0n) is 8.72. The van der Waals surface area contributed by atoms with Gasteiger partial charge in [-0.1, -0.05) is 19.8 Å². The van der Waals surface area contributed by atoms with Crippen molar-refractivity contribution in [2.24, 2.45) is 0 Å². The quantitative estimate of drug-likeness (QED) is 0.742. The number of nitrogens with zero attached hydrogens (tertiary/aromatic N) is 5. The molecule has 15 heavy (non-hydrogen) atoms. The molecule has 0 amide bonds. The van der Waals surface area contributed by atoms with Crippen LogP contribution in [0.1, 0.15) is 26.2 Å². The van der Waals surface area contributed by atoms with E-state index >= 15 is 0 Å². The molecule has 2 heterocycles. The fourth-order valence-corrected chi connectivity index (χ4v) is 1.34. The largest absolute Gasteiger partial charge is 0.369 e. The Labute approximate surface area is 87.7 Å². The van der Waals surface area contributed by atoms with Gasteiger partial charge in [0, 0.05) is 6.54 Å². The lowest BCUT2D eigenvalue weighted by Crippen LogP contribution is -2.06. The lowest BCUT2D eigenvalue weighted by Gasteiger charge is -2.03. The van der Waals surface area contributed by atoms with Crippen molar-refractivity contribution in [2.45, 2.75) is 26.2 Å². The molecule has 0 aliphatic heterocycles. The first-order valence-corrected chi connectivity index (χ1v) is 5.19. The van der Waals surface area contributed by atoms with Gasteiger partial charge in [-0.05, 0) is 29.0 Å². The number of tetrazole rings is 1. The molecule has 0 unspecified atom stereocenters. The van der Waals surface area contributed by atoms with Gasteiger partial charge in [-0.2, -0.15) is 0 Å². The van der Waals surface area contributed by atoms with Crippen molar-refractivity contribution < 1.29 is 0 Å². The van der Waals surface area contributed by atoms with Gasteiger partial charge in [0.1, 0.15) is 5.82 Å². The molecule has 0 aromatic carbocycles. The lowest BCUT2D eigenvalue weighted by molar-refractivity contribution is 0.720. The molecule has 6 heteroatoms. The van der Waals surface area contributed by atoms with Gasteiger partial charge in [-0.15, -0.1) is 14.8 Å². The number of hydrogen-bond donors (Lipinski definition) is 1. The monoisotopic (exact) mass is 206 g/mol. The lowest BCUT2D eigenvalue weighted by atomic mass is 10.2. The normalized spacial score (nSPS) is 10.7. The van der Waals surface area contributed by atoms with Crippen LogP contribution in [0.15, 0.2) is 12.1 Å². The number of rotatable bonds is 5. The molecule has 0 saturated heterocycles. The van der Waals surface area contributed by atoms with E-state index < -0.39 is 0 Å². The van der Waals surface area contributed by atoms with E-state index in [2.05, 4.69) is 32.9 Å². The zero-order valence-corrected chi connectivity index (χ0v) is 8.72. The molecule has 2 rings (SSSR count). The maximum absolute atomic E-state index is 4.20. The Morgan fingerprint density at radius 3 is 3.13 bits per heavy atom. The molecule has 1 N–H and O–H groups in total. The highest BCUT2D eigenvalue weighted by molar-refractivity contribution is 5.41. The minimum absolute atomic E-state index is 0.661. The molecule has 0 fully saturated rings. The van der Waals surface area contributed by atoms with Crippen LogP contribution in [0.2, 0.25) is 0 Å². The van der Waals surface area contributed by atoms with Crippen molar-refractivity contribution >= 4 is 11.5 Å². The second kappa shape index (κ2) is 4.68. The molecular formula is C9H14N6. The second-order valence-corrected chi connectivity index (χ2v) is 3.38. The molecule has 2 aromatic heterocycles. The molecule has 2 aromatic rings. The van der Waals surface area contributed by atoms with Gasteiger partial charge in [0.2, 0.25) is 0 Å². The summed E-state index contributed by atoms with van der Waals surface area (Å²) < 4.78 is 1.42. The molecule has 80 valence electrons. The topological polar surface area (TPSA) is 68.0 Å². The van der Waals surface area contributed by atoms with E-state index in [1.54, 1.807) is 0 Å². The van der Waals surface area contributed by atoms with E-state index in [0.29, 0.717) is 5.65 Å². The van der Waals surface area contributed by atoms with Crippen LogP contribution in [0.5, 0.6) is 0 Å². The van der Waals surface area contributed by atoms with Crippen LogP contribution >= 0.6 is 0 Å². The van der Waals surface area contributed by atoms with Crippen LogP contribution in [0.25, 0.3) is 5.65 Å². The Morgan fingerprint density at radius 2 is 2.27 bits per heavy atom. The zero-order chi connectivity index (χ0) is 10.5. The predicted molar refractivity (Wildman–Crippen MR) is 56.6 cm³/mol. The molecule has 0 atom stereocenters. The highest BCUT2D eigenvalue weighted by atomic mass is 15.6. The van der Waals surface area contributed by atoms with Crippen molar-refractivity contribution in [3.8, 4) is 0 Å². The van der Waals surface area contributed by atoms with Crippen LogP contribution in [0, 0.1) is 0 Å². The average Bonchev–Trinajstić information content (AvgIpc) is 2.71. The van der Waals surface area contributed by atoms with Gasteiger partial charge >= 0.3 is 0 Å². The molecule has 0 saturated carbocycles. The van der Waals surface area contributed by atoms with Crippen LogP contribution in [-0.4, -0.2) is 31.8 Å². The highest BCUT2D eigenvalue weighted by Crippen LogP contribution is 2.03. The smallest absolute Gasteiger partial charge is 0.200 e. The first-order chi connectivity index (χ1) is 7.40. The van der Waals surface area contributed by atoms with Crippen LogP contribution in [-0.2, 0) is 0 Å². The fraction of sp³-hybridized carbons (Fsp3) is 0.556. The van der Waals surface area contributed by atoms with Crippen molar-refractivity contribution in [1.82, 2.24) is 25.3 Å². The number of nitrogens with one attached hydrogen (secondary N) is 1. The highest BCUT2D eigenvalue weighted by Gasteiger charge is 1.99. The minimum Gasteiger partial charge on any atom is -0.369 e. The second-order valence-electron chi connectivity index (χ2n) is 3.38. The summed E-state index contributed by atoms with van der Waals surface area (Å²) in [5.41, 5.74) is 0.661. The first kappa shape index (κ1) is 9.82. The Morgan fingerprint density at radius 1 is 1.33 bits per heavy atom. The first-order valence-electron chi connectivity index (χ1n) is 5.19. The van der Waals surface area contributed by atoms with E-state index in [-0.39, 0.29) is 0 Å². The number of fused-ring (bicyclic) bond motifs is 1. The summed E-state index contributed by atoms with van der Waals surface area (Å²) in [7, 11) is 0. The summed E-state index contributed by atoms with van der Waals surface area (Å²) in [6, 6.07) is 3.73. The van der Waals surface area contributed by atoms with Crippen LogP contribution in [0.3, 0.4) is 0 Å². The summed E-state index contributed by atoms with van der Waals surface area (Å²) in [5, 5.41) is 18.5. The third-order valence-electron chi connectivity index (χ3n) is 2.16. The van der Waals surface area contributed by atoms with E-state index in [1.807, 2.05) is 12.1 Å². The average molecular weight is 206 g/mol. The SMILES string of the molecule is CCCCCNc1ccc2nnnn2n1. The van der Waals surface area contributed by atoms with Gasteiger partial charge in [-0.25, -0.2) is 0 Å². The standard InChI is InChI=1S/C9H14N6/c1-2-3-4-7-10-8-5-6-9-11-13-14-15(9)12-8/h5-6H,2-4,7H2,1H3,(H,10,12). The molecule has 0 spiro atoms. The molecule has 6 nitrogen and oxygen atoms in total. The third-order valence-corrected chi connectivity index (χ3v) is 2.16. The Hall–Kier alpha value is -1.72. The Balaban J connectivity index is 1.96. The van der Waals surface area contributed by atoms with Crippen molar-refractivity contribution in [3.05, 3.63) is 12.1 Å². The van der Waals surface area contributed by atoms with Gasteiger partial charge in [-0.3, -0.25) is 0 Å². The summed E-state index contributed by atoms with van der Waals surface area (Å²) in [6.45, 7) is 3.12. The van der Waals surface area contributed by atoms with Crippen molar-refractivity contribution in [2.75, 3.05) is 11.9 Å². The number of unbranched alkanes of at least 4 members (excludes halogenated alkanes) is 2. The Bertz CT molecular complexity index is 423. The molecule has 0 aliphatic carbocycles. The van der Waals surface area contributed by atoms with E-state index in [0.717, 1.165) is 18.8 Å². The summed E-state index contributed by atoms with van der Waals surface area (Å²) in [5.74, 6) is 0.811. The molecular weight excluding hydrogens is 192 g/mol. The van der Waals surface area contributed by atoms with Crippen LogP contribution < -0.4 is 5.32 Å². The van der Waals surface area contributed by atoms with Crippen LogP contribution in [0.4, 0.5) is 5.82 Å². The van der Waals surface area contributed by atoms with Crippen molar-refractivity contribution in [3.63, 3.8) is 0 Å². The molecule has 0 radical (unpaired) electrons. The molecule has 0 bridgehead atoms. The number of aromatic nitrogens is 5. The van der Waals surface area contributed by atoms with Crippen molar-refractivity contribution in [1.29, 1.82) is 0 Å². The van der Waals surface area contributed by atoms with E-state index in [1.165, 1.54) is 17.5 Å². The maximum atomic E-state index is 4.20. The number of hydrogen-bond acceptors (Lipinski definition) is 5. The maximum Gasteiger partial charge on any atom is 0.200 e. The third kappa shape index (κ3) is 2.39. The minimum atomic E-state index is 0.661. The molecule has 0 aliphatic rings. The fourth-order valence-electron chi connectivity index (χ4n) is 1.34. The van der Waals surface area contributed by atoms with Gasteiger partial charge in [0.25, 0.3) is 0 Å². The van der Waals surface area contributed by atoms with E-state index in [9.17, 15) is 0 Å². The number of anilines is 1. The van der Waals surface area contributed by atoms with Gasteiger partial charge in [0.15, 0.2) is 5.65 Å². The Kier molecular flexibility index (Phi) is 3.06. The van der Waals surface area contributed by atoms with Gasteiger partial charge in [0.05, 0.1) is 0 Å². The summed E-state index contributed by atoms with van der Waals surface area (Å²) >= 11 is 0. The summed E-state index contributed by atoms with van der Waals surface area (Å²) in [4.78, 5) is 0.